The van der Waals surface area contributed by atoms with Crippen molar-refractivity contribution < 1.29 is 9.53 Å². The molecule has 0 saturated heterocycles. The van der Waals surface area contributed by atoms with Gasteiger partial charge >= 0.3 is 0 Å². The molecular weight excluding hydrogens is 232 g/mol. The molecule has 6 heteroatoms. The monoisotopic (exact) mass is 252 g/mol. The largest absolute Gasteiger partial charge is 0.382 e. The maximum absolute atomic E-state index is 11.8. The second kappa shape index (κ2) is 5.86. The average Bonchev–Trinajstić information content (AvgIpc) is 3.08. The van der Waals surface area contributed by atoms with Gasteiger partial charge in [0.05, 0.1) is 6.61 Å². The summed E-state index contributed by atoms with van der Waals surface area (Å²) in [7, 11) is 1.77. The minimum absolute atomic E-state index is 0.00752. The van der Waals surface area contributed by atoms with Gasteiger partial charge in [0.15, 0.2) is 0 Å². The number of anilines is 1. The van der Waals surface area contributed by atoms with E-state index in [1.54, 1.807) is 28.9 Å². The van der Waals surface area contributed by atoms with Crippen molar-refractivity contribution in [2.75, 3.05) is 32.5 Å². The number of aromatic nitrogens is 2. The van der Waals surface area contributed by atoms with E-state index in [9.17, 15) is 4.79 Å². The number of carbonyl (C=O) groups excluding carboxylic acids is 1. The first-order chi connectivity index (χ1) is 8.65. The SMILES string of the molecule is CN(CCOCC1CC1)C(=O)Cn1ccc(N)n1. The lowest BCUT2D eigenvalue weighted by molar-refractivity contribution is -0.131. The molecule has 0 bridgehead atoms. The number of rotatable bonds is 7. The molecule has 1 fully saturated rings. The highest BCUT2D eigenvalue weighted by atomic mass is 16.5. The third-order valence-corrected chi connectivity index (χ3v) is 3.01. The van der Waals surface area contributed by atoms with Crippen LogP contribution in [0.5, 0.6) is 0 Å². The van der Waals surface area contributed by atoms with E-state index >= 15 is 0 Å². The van der Waals surface area contributed by atoms with Gasteiger partial charge in [0.1, 0.15) is 12.4 Å². The second-order valence-electron chi connectivity index (χ2n) is 4.77. The number of nitrogens with zero attached hydrogens (tertiary/aromatic N) is 3. The van der Waals surface area contributed by atoms with Gasteiger partial charge in [0.25, 0.3) is 0 Å². The number of hydrogen-bond donors (Lipinski definition) is 1. The summed E-state index contributed by atoms with van der Waals surface area (Å²) in [6, 6.07) is 1.67. The lowest BCUT2D eigenvalue weighted by Gasteiger charge is -2.17. The fourth-order valence-corrected chi connectivity index (χ4v) is 1.59. The number of nitrogens with two attached hydrogens (primary N) is 1. The van der Waals surface area contributed by atoms with Crippen molar-refractivity contribution in [2.24, 2.45) is 5.92 Å². The zero-order valence-corrected chi connectivity index (χ0v) is 10.7. The molecule has 0 aliphatic heterocycles. The predicted molar refractivity (Wildman–Crippen MR) is 67.8 cm³/mol. The Kier molecular flexibility index (Phi) is 4.19. The summed E-state index contributed by atoms with van der Waals surface area (Å²) >= 11 is 0. The van der Waals surface area contributed by atoms with E-state index in [2.05, 4.69) is 5.10 Å². The number of ether oxygens (including phenoxy) is 1. The molecule has 0 spiro atoms. The molecule has 1 aromatic heterocycles. The Labute approximate surface area is 107 Å². The molecule has 2 N–H and O–H groups in total. The van der Waals surface area contributed by atoms with Crippen molar-refractivity contribution in [3.05, 3.63) is 12.3 Å². The quantitative estimate of drug-likeness (QED) is 0.711. The Bertz CT molecular complexity index is 401. The highest BCUT2D eigenvalue weighted by molar-refractivity contribution is 5.75. The minimum atomic E-state index is 0.00752. The zero-order valence-electron chi connectivity index (χ0n) is 10.7. The van der Waals surface area contributed by atoms with Crippen LogP contribution in [0.4, 0.5) is 5.82 Å². The third kappa shape index (κ3) is 4.03. The molecule has 0 radical (unpaired) electrons. The van der Waals surface area contributed by atoms with Gasteiger partial charge in [-0.2, -0.15) is 5.10 Å². The van der Waals surface area contributed by atoms with E-state index in [1.807, 2.05) is 0 Å². The van der Waals surface area contributed by atoms with Crippen LogP contribution in [0.3, 0.4) is 0 Å². The van der Waals surface area contributed by atoms with Gasteiger partial charge in [-0.15, -0.1) is 0 Å². The van der Waals surface area contributed by atoms with Gasteiger partial charge in [0.2, 0.25) is 5.91 Å². The number of nitrogen functional groups attached to an aromatic ring is 1. The molecule has 0 unspecified atom stereocenters. The fourth-order valence-electron chi connectivity index (χ4n) is 1.59. The molecule has 1 saturated carbocycles. The van der Waals surface area contributed by atoms with Gasteiger partial charge in [-0.3, -0.25) is 9.48 Å². The second-order valence-corrected chi connectivity index (χ2v) is 4.77. The van der Waals surface area contributed by atoms with Crippen molar-refractivity contribution in [2.45, 2.75) is 19.4 Å². The van der Waals surface area contributed by atoms with E-state index in [1.165, 1.54) is 12.8 Å². The highest BCUT2D eigenvalue weighted by Crippen LogP contribution is 2.28. The normalized spacial score (nSPS) is 14.7. The first kappa shape index (κ1) is 12.9. The van der Waals surface area contributed by atoms with E-state index in [4.69, 9.17) is 10.5 Å². The average molecular weight is 252 g/mol. The van der Waals surface area contributed by atoms with Crippen LogP contribution >= 0.6 is 0 Å². The van der Waals surface area contributed by atoms with Crippen LogP contribution in [-0.2, 0) is 16.1 Å². The number of carbonyl (C=O) groups is 1. The van der Waals surface area contributed by atoms with Gasteiger partial charge < -0.3 is 15.4 Å². The van der Waals surface area contributed by atoms with Crippen molar-refractivity contribution in [1.29, 1.82) is 0 Å². The number of hydrogen-bond acceptors (Lipinski definition) is 4. The van der Waals surface area contributed by atoms with Gasteiger partial charge in [-0.05, 0) is 24.8 Å². The molecule has 1 aliphatic carbocycles. The first-order valence-corrected chi connectivity index (χ1v) is 6.26. The van der Waals surface area contributed by atoms with Crippen molar-refractivity contribution in [3.8, 4) is 0 Å². The summed E-state index contributed by atoms with van der Waals surface area (Å²) in [4.78, 5) is 13.5. The summed E-state index contributed by atoms with van der Waals surface area (Å²) in [5.74, 6) is 1.20. The standard InChI is InChI=1S/C12H20N4O2/c1-15(6-7-18-9-10-2-3-10)12(17)8-16-5-4-11(13)14-16/h4-5,10H,2-3,6-9H2,1H3,(H2,13,14). The molecule has 0 atom stereocenters. The van der Waals surface area contributed by atoms with E-state index in [0.29, 0.717) is 19.0 Å². The van der Waals surface area contributed by atoms with E-state index in [0.717, 1.165) is 12.5 Å². The van der Waals surface area contributed by atoms with Gasteiger partial charge in [-0.25, -0.2) is 0 Å². The highest BCUT2D eigenvalue weighted by Gasteiger charge is 2.21. The lowest BCUT2D eigenvalue weighted by atomic mass is 10.4. The first-order valence-electron chi connectivity index (χ1n) is 6.26. The Morgan fingerprint density at radius 1 is 1.67 bits per heavy atom. The van der Waals surface area contributed by atoms with Crippen LogP contribution in [0.25, 0.3) is 0 Å². The molecule has 1 amide bonds. The smallest absolute Gasteiger partial charge is 0.244 e. The van der Waals surface area contributed by atoms with Crippen LogP contribution in [-0.4, -0.2) is 47.4 Å². The van der Waals surface area contributed by atoms with Gasteiger partial charge in [0, 0.05) is 26.4 Å². The third-order valence-electron chi connectivity index (χ3n) is 3.01. The molecule has 18 heavy (non-hydrogen) atoms. The molecule has 2 rings (SSSR count). The molecule has 1 aromatic rings. The van der Waals surface area contributed by atoms with Crippen molar-refractivity contribution in [1.82, 2.24) is 14.7 Å². The van der Waals surface area contributed by atoms with Crippen molar-refractivity contribution in [3.63, 3.8) is 0 Å². The maximum Gasteiger partial charge on any atom is 0.244 e. The topological polar surface area (TPSA) is 73.4 Å². The van der Waals surface area contributed by atoms with Crippen LogP contribution in [0.15, 0.2) is 12.3 Å². The maximum atomic E-state index is 11.8. The summed E-state index contributed by atoms with van der Waals surface area (Å²) in [6.45, 7) is 2.26. The predicted octanol–water partition coefficient (Wildman–Crippen LogP) is 0.350. The van der Waals surface area contributed by atoms with E-state index < -0.39 is 0 Å². The summed E-state index contributed by atoms with van der Waals surface area (Å²) < 4.78 is 7.04. The van der Waals surface area contributed by atoms with Crippen LogP contribution in [0.2, 0.25) is 0 Å². The molecule has 6 nitrogen and oxygen atoms in total. The fraction of sp³-hybridized carbons (Fsp3) is 0.667. The summed E-state index contributed by atoms with van der Waals surface area (Å²) in [5, 5.41) is 3.98. The molecule has 0 aromatic carbocycles. The number of likely N-dealkylation sites (N-methyl/N-ethyl adjacent to an activating group) is 1. The van der Waals surface area contributed by atoms with Gasteiger partial charge in [-0.1, -0.05) is 0 Å². The number of amides is 1. The zero-order chi connectivity index (χ0) is 13.0. The molecule has 1 heterocycles. The summed E-state index contributed by atoms with van der Waals surface area (Å²) in [6.07, 6.45) is 4.27. The molecular formula is C12H20N4O2. The van der Waals surface area contributed by atoms with Crippen molar-refractivity contribution >= 4 is 11.7 Å². The van der Waals surface area contributed by atoms with Crippen LogP contribution < -0.4 is 5.73 Å². The Morgan fingerprint density at radius 2 is 2.44 bits per heavy atom. The molecule has 1 aliphatic rings. The van der Waals surface area contributed by atoms with Crippen LogP contribution in [0.1, 0.15) is 12.8 Å². The van der Waals surface area contributed by atoms with E-state index in [-0.39, 0.29) is 12.5 Å². The lowest BCUT2D eigenvalue weighted by Crippen LogP contribution is -2.33. The Morgan fingerprint density at radius 3 is 3.06 bits per heavy atom. The Hall–Kier alpha value is -1.56. The summed E-state index contributed by atoms with van der Waals surface area (Å²) in [5.41, 5.74) is 5.49. The Balaban J connectivity index is 1.64. The molecule has 100 valence electrons. The minimum Gasteiger partial charge on any atom is -0.382 e. The van der Waals surface area contributed by atoms with Crippen LogP contribution in [0, 0.1) is 5.92 Å².